The van der Waals surface area contributed by atoms with E-state index in [0.717, 1.165) is 6.21 Å². The van der Waals surface area contributed by atoms with Crippen molar-refractivity contribution in [1.29, 1.82) is 0 Å². The Bertz CT molecular complexity index is 366. The zero-order valence-electron chi connectivity index (χ0n) is 7.42. The van der Waals surface area contributed by atoms with Gasteiger partial charge in [0, 0.05) is 5.56 Å². The summed E-state index contributed by atoms with van der Waals surface area (Å²) in [4.78, 5) is 11.3. The minimum atomic E-state index is -0.240. The van der Waals surface area contributed by atoms with E-state index in [1.807, 2.05) is 6.07 Å². The van der Waals surface area contributed by atoms with Crippen LogP contribution < -0.4 is 11.5 Å². The average molecular weight is 190 g/mol. The van der Waals surface area contributed by atoms with Gasteiger partial charge in [0.15, 0.2) is 0 Å². The van der Waals surface area contributed by atoms with Gasteiger partial charge in [0.1, 0.15) is 0 Å². The van der Waals surface area contributed by atoms with Crippen LogP contribution in [0.5, 0.6) is 0 Å². The summed E-state index contributed by atoms with van der Waals surface area (Å²) in [5, 5.41) is 6.72. The van der Waals surface area contributed by atoms with E-state index in [1.165, 1.54) is 0 Å². The van der Waals surface area contributed by atoms with Gasteiger partial charge in [0.2, 0.25) is 11.7 Å². The van der Waals surface area contributed by atoms with Crippen molar-refractivity contribution in [2.45, 2.75) is 0 Å². The molecular formula is C9H10N4O. The Balaban J connectivity index is 2.69. The first-order valence-corrected chi connectivity index (χ1v) is 3.91. The van der Waals surface area contributed by atoms with E-state index in [9.17, 15) is 4.79 Å². The Morgan fingerprint density at radius 1 is 1.21 bits per heavy atom. The average Bonchev–Trinajstić information content (AvgIpc) is 2.18. The summed E-state index contributed by atoms with van der Waals surface area (Å²) in [5.74, 6) is -0.419. The molecule has 5 nitrogen and oxygen atoms in total. The predicted octanol–water partition coefficient (Wildman–Crippen LogP) is 0.128. The first-order chi connectivity index (χ1) is 6.70. The van der Waals surface area contributed by atoms with Crippen molar-refractivity contribution < 1.29 is 4.79 Å². The van der Waals surface area contributed by atoms with Crippen LogP contribution in [0.25, 0.3) is 0 Å². The van der Waals surface area contributed by atoms with Crippen LogP contribution in [-0.4, -0.2) is 18.0 Å². The summed E-state index contributed by atoms with van der Waals surface area (Å²) in [6.45, 7) is 0. The largest absolute Gasteiger partial charge is 0.369 e. The lowest BCUT2D eigenvalue weighted by Gasteiger charge is -1.91. The van der Waals surface area contributed by atoms with E-state index in [2.05, 4.69) is 10.2 Å². The smallest absolute Gasteiger partial charge is 0.211 e. The quantitative estimate of drug-likeness (QED) is 0.307. The molecule has 0 unspecified atom stereocenters. The van der Waals surface area contributed by atoms with E-state index < -0.39 is 0 Å². The van der Waals surface area contributed by atoms with Crippen molar-refractivity contribution in [3.05, 3.63) is 35.9 Å². The molecule has 1 aromatic carbocycles. The van der Waals surface area contributed by atoms with Crippen LogP contribution in [0.1, 0.15) is 10.4 Å². The SMILES string of the molecule is NC(N)=N/N=C\C(=O)c1ccccc1. The van der Waals surface area contributed by atoms with E-state index in [0.29, 0.717) is 5.56 Å². The molecule has 72 valence electrons. The zero-order chi connectivity index (χ0) is 10.4. The molecule has 0 atom stereocenters. The van der Waals surface area contributed by atoms with Gasteiger partial charge in [-0.25, -0.2) is 0 Å². The lowest BCUT2D eigenvalue weighted by atomic mass is 10.1. The Morgan fingerprint density at radius 3 is 2.43 bits per heavy atom. The van der Waals surface area contributed by atoms with Crippen LogP contribution in [0.2, 0.25) is 0 Å². The zero-order valence-corrected chi connectivity index (χ0v) is 7.42. The molecule has 0 radical (unpaired) electrons. The molecule has 14 heavy (non-hydrogen) atoms. The number of Topliss-reactive ketones (excluding diaryl/α,β-unsaturated/α-hetero) is 1. The van der Waals surface area contributed by atoms with Crippen molar-refractivity contribution >= 4 is 18.0 Å². The summed E-state index contributed by atoms with van der Waals surface area (Å²) in [6, 6.07) is 8.72. The summed E-state index contributed by atoms with van der Waals surface area (Å²) in [6.07, 6.45) is 1.06. The van der Waals surface area contributed by atoms with Gasteiger partial charge in [-0.3, -0.25) is 4.79 Å². The van der Waals surface area contributed by atoms with E-state index in [4.69, 9.17) is 11.5 Å². The van der Waals surface area contributed by atoms with Gasteiger partial charge in [-0.05, 0) is 0 Å². The maximum Gasteiger partial charge on any atom is 0.211 e. The summed E-state index contributed by atoms with van der Waals surface area (Å²) < 4.78 is 0. The van der Waals surface area contributed by atoms with Gasteiger partial charge in [-0.1, -0.05) is 30.3 Å². The number of benzene rings is 1. The second-order valence-corrected chi connectivity index (χ2v) is 2.50. The van der Waals surface area contributed by atoms with Crippen molar-refractivity contribution in [2.75, 3.05) is 0 Å². The molecule has 0 spiro atoms. The van der Waals surface area contributed by atoms with Gasteiger partial charge in [0.05, 0.1) is 6.21 Å². The first-order valence-electron chi connectivity index (χ1n) is 3.91. The normalized spacial score (nSPS) is 10.0. The second kappa shape index (κ2) is 4.76. The molecular weight excluding hydrogens is 180 g/mol. The number of nitrogens with zero attached hydrogens (tertiary/aromatic N) is 2. The molecule has 0 aromatic heterocycles. The fourth-order valence-corrected chi connectivity index (χ4v) is 0.825. The molecule has 0 saturated heterocycles. The van der Waals surface area contributed by atoms with Crippen molar-refractivity contribution in [2.24, 2.45) is 21.7 Å². The second-order valence-electron chi connectivity index (χ2n) is 2.50. The molecule has 0 heterocycles. The lowest BCUT2D eigenvalue weighted by Crippen LogP contribution is -2.21. The molecule has 1 rings (SSSR count). The molecule has 0 aliphatic carbocycles. The lowest BCUT2D eigenvalue weighted by molar-refractivity contribution is 0.107. The minimum absolute atomic E-state index is 0.179. The highest BCUT2D eigenvalue weighted by atomic mass is 16.1. The summed E-state index contributed by atoms with van der Waals surface area (Å²) >= 11 is 0. The van der Waals surface area contributed by atoms with Gasteiger partial charge >= 0.3 is 0 Å². The van der Waals surface area contributed by atoms with Crippen LogP contribution in [0.4, 0.5) is 0 Å². The number of guanidine groups is 1. The first kappa shape index (κ1) is 9.91. The van der Waals surface area contributed by atoms with Crippen LogP contribution in [0, 0.1) is 0 Å². The Morgan fingerprint density at radius 2 is 1.86 bits per heavy atom. The number of carbonyl (C=O) groups is 1. The maximum atomic E-state index is 11.3. The van der Waals surface area contributed by atoms with Crippen molar-refractivity contribution in [3.63, 3.8) is 0 Å². The van der Waals surface area contributed by atoms with Crippen molar-refractivity contribution in [3.8, 4) is 0 Å². The number of hydrogen-bond donors (Lipinski definition) is 2. The third-order valence-electron chi connectivity index (χ3n) is 1.41. The van der Waals surface area contributed by atoms with Crippen LogP contribution in [0.15, 0.2) is 40.5 Å². The molecule has 4 N–H and O–H groups in total. The van der Waals surface area contributed by atoms with E-state index in [-0.39, 0.29) is 11.7 Å². The molecule has 5 heteroatoms. The molecule has 0 amide bonds. The standard InChI is InChI=1S/C9H10N4O/c10-9(11)13-12-6-8(14)7-4-2-1-3-5-7/h1-6H,(H4,10,11,13)/b12-6-. The number of hydrogen-bond acceptors (Lipinski definition) is 3. The number of nitrogens with two attached hydrogens (primary N) is 2. The Labute approximate surface area is 81.1 Å². The predicted molar refractivity (Wildman–Crippen MR) is 55.1 cm³/mol. The number of ketones is 1. The van der Waals surface area contributed by atoms with E-state index >= 15 is 0 Å². The van der Waals surface area contributed by atoms with Crippen LogP contribution in [-0.2, 0) is 0 Å². The van der Waals surface area contributed by atoms with Gasteiger partial charge in [-0.2, -0.15) is 5.10 Å². The van der Waals surface area contributed by atoms with E-state index in [1.54, 1.807) is 24.3 Å². The molecule has 0 fully saturated rings. The van der Waals surface area contributed by atoms with Crippen LogP contribution >= 0.6 is 0 Å². The molecule has 0 aliphatic rings. The van der Waals surface area contributed by atoms with Crippen molar-refractivity contribution in [1.82, 2.24) is 0 Å². The Kier molecular flexibility index (Phi) is 3.37. The highest BCUT2D eigenvalue weighted by Crippen LogP contribution is 1.97. The van der Waals surface area contributed by atoms with Gasteiger partial charge in [0.25, 0.3) is 0 Å². The molecule has 0 aliphatic heterocycles. The molecule has 1 aromatic rings. The third-order valence-corrected chi connectivity index (χ3v) is 1.41. The fraction of sp³-hybridized carbons (Fsp3) is 0. The Hall–Kier alpha value is -2.17. The third kappa shape index (κ3) is 3.06. The van der Waals surface area contributed by atoms with Gasteiger partial charge in [-0.15, -0.1) is 5.10 Å². The summed E-state index contributed by atoms with van der Waals surface area (Å²) in [7, 11) is 0. The molecule has 0 bridgehead atoms. The highest BCUT2D eigenvalue weighted by molar-refractivity contribution is 6.35. The van der Waals surface area contributed by atoms with Gasteiger partial charge < -0.3 is 11.5 Å². The number of rotatable bonds is 3. The maximum absolute atomic E-state index is 11.3. The fourth-order valence-electron chi connectivity index (χ4n) is 0.825. The summed E-state index contributed by atoms with van der Waals surface area (Å²) in [5.41, 5.74) is 10.6. The minimum Gasteiger partial charge on any atom is -0.369 e. The molecule has 0 saturated carbocycles. The monoisotopic (exact) mass is 190 g/mol. The number of carbonyl (C=O) groups excluding carboxylic acids is 1. The van der Waals surface area contributed by atoms with Crippen LogP contribution in [0.3, 0.4) is 0 Å². The highest BCUT2D eigenvalue weighted by Gasteiger charge is 1.99. The topological polar surface area (TPSA) is 93.8 Å².